The van der Waals surface area contributed by atoms with Crippen molar-refractivity contribution >= 4 is 21.8 Å². The zero-order valence-corrected chi connectivity index (χ0v) is 12.5. The number of benzene rings is 1. The molecule has 0 N–H and O–H groups in total. The van der Waals surface area contributed by atoms with Crippen molar-refractivity contribution in [3.63, 3.8) is 0 Å². The van der Waals surface area contributed by atoms with E-state index in [2.05, 4.69) is 34.8 Å². The maximum Gasteiger partial charge on any atom is 0.255 e. The molecular formula is C14H19BrN2O. The molecule has 0 spiro atoms. The van der Waals surface area contributed by atoms with Crippen LogP contribution >= 0.6 is 15.9 Å². The molecule has 1 aromatic carbocycles. The molecule has 4 heteroatoms. The highest BCUT2D eigenvalue weighted by atomic mass is 79.9. The average Bonchev–Trinajstić information content (AvgIpc) is 2.50. The highest BCUT2D eigenvalue weighted by Gasteiger charge is 2.25. The molecule has 0 aromatic heterocycles. The van der Waals surface area contributed by atoms with Crippen LogP contribution < -0.4 is 0 Å². The van der Waals surface area contributed by atoms with E-state index in [4.69, 9.17) is 0 Å². The number of amides is 1. The third-order valence-corrected chi connectivity index (χ3v) is 4.10. The van der Waals surface area contributed by atoms with Crippen LogP contribution in [0, 0.1) is 0 Å². The van der Waals surface area contributed by atoms with E-state index < -0.39 is 0 Å². The van der Waals surface area contributed by atoms with Crippen molar-refractivity contribution in [1.82, 2.24) is 9.80 Å². The topological polar surface area (TPSA) is 23.6 Å². The van der Waals surface area contributed by atoms with Gasteiger partial charge in [-0.25, -0.2) is 0 Å². The highest BCUT2D eigenvalue weighted by molar-refractivity contribution is 9.10. The smallest absolute Gasteiger partial charge is 0.255 e. The van der Waals surface area contributed by atoms with Gasteiger partial charge in [0.2, 0.25) is 0 Å². The second-order valence-electron chi connectivity index (χ2n) is 4.94. The van der Waals surface area contributed by atoms with Crippen LogP contribution in [0.15, 0.2) is 28.7 Å². The molecule has 1 aliphatic heterocycles. The second kappa shape index (κ2) is 5.85. The summed E-state index contributed by atoms with van der Waals surface area (Å²) in [6.45, 7) is 4.96. The van der Waals surface area contributed by atoms with Crippen molar-refractivity contribution < 1.29 is 4.79 Å². The van der Waals surface area contributed by atoms with E-state index in [9.17, 15) is 4.79 Å². The quantitative estimate of drug-likeness (QED) is 0.796. The van der Waals surface area contributed by atoms with E-state index in [1.165, 1.54) is 0 Å². The summed E-state index contributed by atoms with van der Waals surface area (Å²) in [7, 11) is 2.11. The first-order valence-electron chi connectivity index (χ1n) is 6.33. The van der Waals surface area contributed by atoms with Crippen LogP contribution in [0.5, 0.6) is 0 Å². The van der Waals surface area contributed by atoms with Crippen LogP contribution in [0.4, 0.5) is 0 Å². The molecule has 1 aliphatic rings. The van der Waals surface area contributed by atoms with Gasteiger partial charge in [0.15, 0.2) is 0 Å². The van der Waals surface area contributed by atoms with Crippen LogP contribution in [-0.2, 0) is 0 Å². The molecule has 2 rings (SSSR count). The molecular weight excluding hydrogens is 292 g/mol. The van der Waals surface area contributed by atoms with Crippen LogP contribution in [0.2, 0.25) is 0 Å². The lowest BCUT2D eigenvalue weighted by Gasteiger charge is -2.28. The Morgan fingerprint density at radius 2 is 2.06 bits per heavy atom. The Bertz CT molecular complexity index is 436. The third-order valence-electron chi connectivity index (χ3n) is 3.41. The molecule has 18 heavy (non-hydrogen) atoms. The summed E-state index contributed by atoms with van der Waals surface area (Å²) in [5, 5.41) is 0. The molecule has 1 saturated heterocycles. The van der Waals surface area contributed by atoms with Gasteiger partial charge in [0.05, 0.1) is 5.56 Å². The Morgan fingerprint density at radius 1 is 1.33 bits per heavy atom. The summed E-state index contributed by atoms with van der Waals surface area (Å²) in [5.41, 5.74) is 0.758. The van der Waals surface area contributed by atoms with E-state index in [1.807, 2.05) is 29.2 Å². The molecule has 0 saturated carbocycles. The van der Waals surface area contributed by atoms with Crippen LogP contribution in [-0.4, -0.2) is 48.4 Å². The lowest BCUT2D eigenvalue weighted by atomic mass is 10.1. The number of halogens is 1. The Labute approximate surface area is 117 Å². The van der Waals surface area contributed by atoms with Gasteiger partial charge in [-0.1, -0.05) is 12.1 Å². The highest BCUT2D eigenvalue weighted by Crippen LogP contribution is 2.20. The summed E-state index contributed by atoms with van der Waals surface area (Å²) in [5.74, 6) is 0.130. The molecule has 1 fully saturated rings. The molecule has 1 unspecified atom stereocenters. The second-order valence-corrected chi connectivity index (χ2v) is 5.80. The van der Waals surface area contributed by atoms with Gasteiger partial charge in [0.25, 0.3) is 5.91 Å². The van der Waals surface area contributed by atoms with Crippen molar-refractivity contribution in [2.45, 2.75) is 19.4 Å². The number of hydrogen-bond donors (Lipinski definition) is 0. The van der Waals surface area contributed by atoms with Crippen molar-refractivity contribution in [3.8, 4) is 0 Å². The van der Waals surface area contributed by atoms with E-state index >= 15 is 0 Å². The van der Waals surface area contributed by atoms with Crippen molar-refractivity contribution in [2.24, 2.45) is 0 Å². The number of rotatable bonds is 1. The van der Waals surface area contributed by atoms with Gasteiger partial charge in [-0.05, 0) is 55.0 Å². The number of hydrogen-bond acceptors (Lipinski definition) is 2. The Balaban J connectivity index is 2.20. The lowest BCUT2D eigenvalue weighted by molar-refractivity contribution is 0.0695. The minimum Gasteiger partial charge on any atom is -0.335 e. The Morgan fingerprint density at radius 3 is 2.78 bits per heavy atom. The first-order chi connectivity index (χ1) is 8.59. The summed E-state index contributed by atoms with van der Waals surface area (Å²) in [6.07, 6.45) is 1.04. The van der Waals surface area contributed by atoms with E-state index in [-0.39, 0.29) is 11.9 Å². The fourth-order valence-electron chi connectivity index (χ4n) is 2.46. The Hall–Kier alpha value is -0.870. The predicted octanol–water partition coefficient (Wildman–Crippen LogP) is 2.62. The fourth-order valence-corrected chi connectivity index (χ4v) is 2.92. The zero-order valence-electron chi connectivity index (χ0n) is 10.9. The van der Waals surface area contributed by atoms with Gasteiger partial charge in [-0.3, -0.25) is 4.79 Å². The van der Waals surface area contributed by atoms with Crippen LogP contribution in [0.25, 0.3) is 0 Å². The van der Waals surface area contributed by atoms with E-state index in [0.29, 0.717) is 0 Å². The van der Waals surface area contributed by atoms with Gasteiger partial charge < -0.3 is 9.80 Å². The molecule has 1 aromatic rings. The maximum atomic E-state index is 12.6. The van der Waals surface area contributed by atoms with Crippen molar-refractivity contribution in [2.75, 3.05) is 26.7 Å². The largest absolute Gasteiger partial charge is 0.335 e. The number of nitrogens with zero attached hydrogens (tertiary/aromatic N) is 2. The summed E-state index contributed by atoms with van der Waals surface area (Å²) >= 11 is 3.46. The number of carbonyl (C=O) groups excluding carboxylic acids is 1. The average molecular weight is 311 g/mol. The standard InChI is InChI=1S/C14H19BrN2O/c1-11-10-16(2)8-5-9-17(11)14(18)12-6-3-4-7-13(12)15/h3-4,6-7,11H,5,8-10H2,1-2H3. The molecule has 0 aliphatic carbocycles. The molecule has 0 radical (unpaired) electrons. The normalized spacial score (nSPS) is 21.7. The zero-order chi connectivity index (χ0) is 13.1. The van der Waals surface area contributed by atoms with Crippen LogP contribution in [0.3, 0.4) is 0 Å². The predicted molar refractivity (Wildman–Crippen MR) is 76.8 cm³/mol. The Kier molecular flexibility index (Phi) is 4.40. The monoisotopic (exact) mass is 310 g/mol. The summed E-state index contributed by atoms with van der Waals surface area (Å²) < 4.78 is 0.875. The maximum absolute atomic E-state index is 12.6. The molecule has 98 valence electrons. The van der Waals surface area contributed by atoms with Crippen molar-refractivity contribution in [3.05, 3.63) is 34.3 Å². The number of likely N-dealkylation sites (N-methyl/N-ethyl adjacent to an activating group) is 1. The van der Waals surface area contributed by atoms with Gasteiger partial charge in [-0.2, -0.15) is 0 Å². The first kappa shape index (κ1) is 13.6. The molecule has 0 bridgehead atoms. The summed E-state index contributed by atoms with van der Waals surface area (Å²) in [4.78, 5) is 16.8. The van der Waals surface area contributed by atoms with Crippen LogP contribution in [0.1, 0.15) is 23.7 Å². The first-order valence-corrected chi connectivity index (χ1v) is 7.13. The minimum atomic E-state index is 0.130. The summed E-state index contributed by atoms with van der Waals surface area (Å²) in [6, 6.07) is 7.90. The van der Waals surface area contributed by atoms with E-state index in [1.54, 1.807) is 0 Å². The molecule has 1 amide bonds. The van der Waals surface area contributed by atoms with Crippen molar-refractivity contribution in [1.29, 1.82) is 0 Å². The lowest BCUT2D eigenvalue weighted by Crippen LogP contribution is -2.42. The fraction of sp³-hybridized carbons (Fsp3) is 0.500. The van der Waals surface area contributed by atoms with Gasteiger partial charge in [0, 0.05) is 23.6 Å². The van der Waals surface area contributed by atoms with Gasteiger partial charge >= 0.3 is 0 Å². The SMILES string of the molecule is CC1CN(C)CCCN1C(=O)c1ccccc1Br. The van der Waals surface area contributed by atoms with Gasteiger partial charge in [-0.15, -0.1) is 0 Å². The molecule has 1 heterocycles. The van der Waals surface area contributed by atoms with Gasteiger partial charge in [0.1, 0.15) is 0 Å². The third kappa shape index (κ3) is 2.93. The molecule has 3 nitrogen and oxygen atoms in total. The van der Waals surface area contributed by atoms with E-state index in [0.717, 1.165) is 36.1 Å². The minimum absolute atomic E-state index is 0.130. The number of carbonyl (C=O) groups is 1. The molecule has 1 atom stereocenters.